The molecular formula is C15H20N2O2S. The van der Waals surface area contributed by atoms with Crippen LogP contribution in [0.5, 0.6) is 0 Å². The summed E-state index contributed by atoms with van der Waals surface area (Å²) >= 11 is 4.00. The molecule has 0 N–H and O–H groups in total. The molecule has 0 aromatic heterocycles. The van der Waals surface area contributed by atoms with Gasteiger partial charge in [-0.1, -0.05) is 18.2 Å². The first-order chi connectivity index (χ1) is 9.63. The van der Waals surface area contributed by atoms with E-state index in [9.17, 15) is 9.59 Å². The molecule has 0 spiro atoms. The number of likely N-dealkylation sites (tertiary alicyclic amines) is 1. The van der Waals surface area contributed by atoms with Gasteiger partial charge < -0.3 is 9.80 Å². The lowest BCUT2D eigenvalue weighted by atomic mass is 9.95. The molecule has 0 radical (unpaired) electrons. The maximum absolute atomic E-state index is 12.5. The van der Waals surface area contributed by atoms with Gasteiger partial charge in [-0.15, -0.1) is 0 Å². The average molecular weight is 292 g/mol. The SMILES string of the molecule is CN(C(=O)C1CCN(C(=O)CS)CC1)c1ccccc1. The van der Waals surface area contributed by atoms with E-state index in [4.69, 9.17) is 0 Å². The molecule has 5 heteroatoms. The summed E-state index contributed by atoms with van der Waals surface area (Å²) in [6.07, 6.45) is 1.46. The third-order valence-electron chi connectivity index (χ3n) is 3.81. The number of para-hydroxylation sites is 1. The highest BCUT2D eigenvalue weighted by Crippen LogP contribution is 2.22. The summed E-state index contributed by atoms with van der Waals surface area (Å²) in [5, 5.41) is 0. The van der Waals surface area contributed by atoms with Gasteiger partial charge in [0.15, 0.2) is 0 Å². The van der Waals surface area contributed by atoms with Crippen molar-refractivity contribution in [2.75, 3.05) is 30.8 Å². The summed E-state index contributed by atoms with van der Waals surface area (Å²) < 4.78 is 0. The Morgan fingerprint density at radius 2 is 1.85 bits per heavy atom. The molecule has 0 bridgehead atoms. The Labute approximate surface area is 125 Å². The lowest BCUT2D eigenvalue weighted by Crippen LogP contribution is -2.44. The number of carbonyl (C=O) groups is 2. The molecule has 108 valence electrons. The minimum Gasteiger partial charge on any atom is -0.342 e. The number of amides is 2. The van der Waals surface area contributed by atoms with Crippen LogP contribution in [0.3, 0.4) is 0 Å². The summed E-state index contributed by atoms with van der Waals surface area (Å²) in [5.74, 6) is 0.428. The molecule has 0 atom stereocenters. The number of thiol groups is 1. The van der Waals surface area contributed by atoms with Crippen LogP contribution in [0.4, 0.5) is 5.69 Å². The minimum atomic E-state index is 0.00386. The smallest absolute Gasteiger partial charge is 0.232 e. The largest absolute Gasteiger partial charge is 0.342 e. The molecular weight excluding hydrogens is 272 g/mol. The van der Waals surface area contributed by atoms with Crippen LogP contribution >= 0.6 is 12.6 Å². The first-order valence-electron chi connectivity index (χ1n) is 6.84. The summed E-state index contributed by atoms with van der Waals surface area (Å²) in [5.41, 5.74) is 0.909. The molecule has 20 heavy (non-hydrogen) atoms. The quantitative estimate of drug-likeness (QED) is 0.863. The Kier molecular flexibility index (Phi) is 5.06. The van der Waals surface area contributed by atoms with E-state index in [1.165, 1.54) is 0 Å². The Morgan fingerprint density at radius 1 is 1.25 bits per heavy atom. The summed E-state index contributed by atoms with van der Waals surface area (Å²) in [6, 6.07) is 9.64. The first kappa shape index (κ1) is 14.9. The summed E-state index contributed by atoms with van der Waals surface area (Å²) in [6.45, 7) is 1.30. The van der Waals surface area contributed by atoms with Crippen molar-refractivity contribution in [3.05, 3.63) is 30.3 Å². The van der Waals surface area contributed by atoms with Gasteiger partial charge in [-0.25, -0.2) is 0 Å². The maximum Gasteiger partial charge on any atom is 0.232 e. The minimum absolute atomic E-state index is 0.00386. The van der Waals surface area contributed by atoms with Gasteiger partial charge in [0.1, 0.15) is 0 Å². The maximum atomic E-state index is 12.5. The highest BCUT2D eigenvalue weighted by atomic mass is 32.1. The monoisotopic (exact) mass is 292 g/mol. The molecule has 1 saturated heterocycles. The van der Waals surface area contributed by atoms with E-state index in [0.29, 0.717) is 13.1 Å². The molecule has 1 fully saturated rings. The zero-order chi connectivity index (χ0) is 14.5. The van der Waals surface area contributed by atoms with Gasteiger partial charge in [0.25, 0.3) is 0 Å². The van der Waals surface area contributed by atoms with Crippen LogP contribution in [0.25, 0.3) is 0 Å². The second-order valence-corrected chi connectivity index (χ2v) is 5.36. The lowest BCUT2D eigenvalue weighted by molar-refractivity contribution is -0.132. The van der Waals surface area contributed by atoms with Crippen molar-refractivity contribution in [1.82, 2.24) is 4.90 Å². The molecule has 2 amide bonds. The second kappa shape index (κ2) is 6.79. The van der Waals surface area contributed by atoms with Crippen LogP contribution in [-0.2, 0) is 9.59 Å². The van der Waals surface area contributed by atoms with E-state index < -0.39 is 0 Å². The molecule has 1 aromatic carbocycles. The topological polar surface area (TPSA) is 40.6 Å². The number of anilines is 1. The number of piperidine rings is 1. The van der Waals surface area contributed by atoms with Crippen molar-refractivity contribution in [3.8, 4) is 0 Å². The fourth-order valence-corrected chi connectivity index (χ4v) is 2.73. The summed E-state index contributed by atoms with van der Waals surface area (Å²) in [7, 11) is 1.81. The number of benzene rings is 1. The highest BCUT2D eigenvalue weighted by Gasteiger charge is 2.28. The van der Waals surface area contributed by atoms with Gasteiger partial charge in [0.05, 0.1) is 5.75 Å². The van der Waals surface area contributed by atoms with Crippen LogP contribution in [0.1, 0.15) is 12.8 Å². The van der Waals surface area contributed by atoms with Crippen molar-refractivity contribution in [1.29, 1.82) is 0 Å². The van der Waals surface area contributed by atoms with Gasteiger partial charge in [-0.05, 0) is 25.0 Å². The van der Waals surface area contributed by atoms with Crippen molar-refractivity contribution >= 4 is 30.1 Å². The average Bonchev–Trinajstić information content (AvgIpc) is 2.53. The number of hydrogen-bond donors (Lipinski definition) is 1. The highest BCUT2D eigenvalue weighted by molar-refractivity contribution is 7.81. The van der Waals surface area contributed by atoms with Gasteiger partial charge in [0, 0.05) is 31.7 Å². The van der Waals surface area contributed by atoms with Gasteiger partial charge in [0.2, 0.25) is 11.8 Å². The zero-order valence-corrected chi connectivity index (χ0v) is 12.6. The molecule has 4 nitrogen and oxygen atoms in total. The predicted molar refractivity (Wildman–Crippen MR) is 83.0 cm³/mol. The van der Waals surface area contributed by atoms with Gasteiger partial charge in [-0.3, -0.25) is 9.59 Å². The summed E-state index contributed by atoms with van der Waals surface area (Å²) in [4.78, 5) is 27.5. The van der Waals surface area contributed by atoms with E-state index in [-0.39, 0.29) is 23.5 Å². The van der Waals surface area contributed by atoms with Crippen LogP contribution in [-0.4, -0.2) is 42.6 Å². The molecule has 1 aliphatic heterocycles. The third-order valence-corrected chi connectivity index (χ3v) is 4.08. The van der Waals surface area contributed by atoms with Crippen molar-refractivity contribution in [2.24, 2.45) is 5.92 Å². The molecule has 0 saturated carbocycles. The fourth-order valence-electron chi connectivity index (χ4n) is 2.53. The molecule has 1 aliphatic rings. The molecule has 1 aromatic rings. The van der Waals surface area contributed by atoms with Gasteiger partial charge in [-0.2, -0.15) is 12.6 Å². The van der Waals surface area contributed by atoms with E-state index in [0.717, 1.165) is 18.5 Å². The van der Waals surface area contributed by atoms with Crippen molar-refractivity contribution in [2.45, 2.75) is 12.8 Å². The fraction of sp³-hybridized carbons (Fsp3) is 0.467. The van der Waals surface area contributed by atoms with E-state index in [2.05, 4.69) is 12.6 Å². The Hall–Kier alpha value is -1.49. The zero-order valence-electron chi connectivity index (χ0n) is 11.7. The van der Waals surface area contributed by atoms with Crippen LogP contribution in [0, 0.1) is 5.92 Å². The normalized spacial score (nSPS) is 16.0. The predicted octanol–water partition coefficient (Wildman–Crippen LogP) is 1.82. The number of rotatable bonds is 3. The van der Waals surface area contributed by atoms with Crippen molar-refractivity contribution < 1.29 is 9.59 Å². The molecule has 1 heterocycles. The van der Waals surface area contributed by atoms with Crippen LogP contribution in [0.15, 0.2) is 30.3 Å². The van der Waals surface area contributed by atoms with E-state index >= 15 is 0 Å². The van der Waals surface area contributed by atoms with Crippen LogP contribution in [0.2, 0.25) is 0 Å². The van der Waals surface area contributed by atoms with Crippen LogP contribution < -0.4 is 4.90 Å². The van der Waals surface area contributed by atoms with Crippen molar-refractivity contribution in [3.63, 3.8) is 0 Å². The molecule has 2 rings (SSSR count). The standard InChI is InChI=1S/C15H20N2O2S/c1-16(13-5-3-2-4-6-13)15(19)12-7-9-17(10-8-12)14(18)11-20/h2-6,12,20H,7-11H2,1H3. The Balaban J connectivity index is 1.93. The number of nitrogens with zero attached hydrogens (tertiary/aromatic N) is 2. The first-order valence-corrected chi connectivity index (χ1v) is 7.48. The Bertz CT molecular complexity index is 470. The van der Waals surface area contributed by atoms with E-state index in [1.807, 2.05) is 37.4 Å². The number of hydrogen-bond acceptors (Lipinski definition) is 3. The molecule has 0 unspecified atom stereocenters. The van der Waals surface area contributed by atoms with Gasteiger partial charge >= 0.3 is 0 Å². The van der Waals surface area contributed by atoms with E-state index in [1.54, 1.807) is 9.80 Å². The molecule has 0 aliphatic carbocycles. The number of carbonyl (C=O) groups excluding carboxylic acids is 2. The lowest BCUT2D eigenvalue weighted by Gasteiger charge is -2.33. The second-order valence-electron chi connectivity index (χ2n) is 5.05. The Morgan fingerprint density at radius 3 is 2.40 bits per heavy atom. The third kappa shape index (κ3) is 3.33.